The highest BCUT2D eigenvalue weighted by Crippen LogP contribution is 2.18. The summed E-state index contributed by atoms with van der Waals surface area (Å²) in [6.07, 6.45) is 0. The van der Waals surface area contributed by atoms with Gasteiger partial charge in [-0.2, -0.15) is 0 Å². The van der Waals surface area contributed by atoms with Crippen LogP contribution in [0.15, 0.2) is 42.5 Å². The van der Waals surface area contributed by atoms with Crippen LogP contribution in [-0.2, 0) is 0 Å². The number of carbonyl (C=O) groups excluding carboxylic acids is 1. The third-order valence-corrected chi connectivity index (χ3v) is 2.87. The summed E-state index contributed by atoms with van der Waals surface area (Å²) in [6.45, 7) is 4.42. The van der Waals surface area contributed by atoms with E-state index in [4.69, 9.17) is 0 Å². The molecular weight excluding hydrogens is 224 g/mol. The van der Waals surface area contributed by atoms with Crippen molar-refractivity contribution in [3.63, 3.8) is 0 Å². The van der Waals surface area contributed by atoms with Gasteiger partial charge in [0.1, 0.15) is 0 Å². The first-order valence-electron chi connectivity index (χ1n) is 6.29. The highest BCUT2D eigenvalue weighted by molar-refractivity contribution is 6.06. The van der Waals surface area contributed by atoms with E-state index in [0.717, 1.165) is 29.4 Å². The van der Waals surface area contributed by atoms with Crippen LogP contribution in [0.3, 0.4) is 0 Å². The molecule has 0 unspecified atom stereocenters. The van der Waals surface area contributed by atoms with Crippen molar-refractivity contribution in [1.29, 1.82) is 0 Å². The molecular formula is C15H18N2O. The van der Waals surface area contributed by atoms with Crippen molar-refractivity contribution in [3.05, 3.63) is 48.0 Å². The molecule has 0 radical (unpaired) electrons. The second kappa shape index (κ2) is 6.17. The average Bonchev–Trinajstić information content (AvgIpc) is 2.43. The van der Waals surface area contributed by atoms with E-state index in [0.29, 0.717) is 6.54 Å². The Labute approximate surface area is 107 Å². The topological polar surface area (TPSA) is 41.1 Å². The van der Waals surface area contributed by atoms with Crippen molar-refractivity contribution in [2.24, 2.45) is 0 Å². The van der Waals surface area contributed by atoms with Crippen molar-refractivity contribution >= 4 is 16.7 Å². The van der Waals surface area contributed by atoms with Crippen LogP contribution in [0.1, 0.15) is 17.3 Å². The second-order valence-electron chi connectivity index (χ2n) is 4.14. The normalized spacial score (nSPS) is 10.5. The zero-order valence-electron chi connectivity index (χ0n) is 10.6. The van der Waals surface area contributed by atoms with E-state index in [9.17, 15) is 4.79 Å². The summed E-state index contributed by atoms with van der Waals surface area (Å²) in [5.74, 6) is -0.00953. The molecule has 94 valence electrons. The maximum atomic E-state index is 12.1. The Kier molecular flexibility index (Phi) is 4.31. The van der Waals surface area contributed by atoms with Gasteiger partial charge in [-0.15, -0.1) is 0 Å². The van der Waals surface area contributed by atoms with E-state index >= 15 is 0 Å². The minimum absolute atomic E-state index is 0.00953. The number of nitrogens with one attached hydrogen (secondary N) is 2. The van der Waals surface area contributed by atoms with Gasteiger partial charge < -0.3 is 10.6 Å². The Morgan fingerprint density at radius 2 is 1.83 bits per heavy atom. The van der Waals surface area contributed by atoms with Crippen molar-refractivity contribution in [2.45, 2.75) is 6.92 Å². The van der Waals surface area contributed by atoms with Crippen LogP contribution in [0.25, 0.3) is 10.8 Å². The Morgan fingerprint density at radius 1 is 1.06 bits per heavy atom. The summed E-state index contributed by atoms with van der Waals surface area (Å²) in [5.41, 5.74) is 0.740. The van der Waals surface area contributed by atoms with Gasteiger partial charge in [-0.1, -0.05) is 43.3 Å². The third kappa shape index (κ3) is 2.87. The molecule has 0 aliphatic rings. The number of hydrogen-bond acceptors (Lipinski definition) is 2. The zero-order valence-corrected chi connectivity index (χ0v) is 10.6. The van der Waals surface area contributed by atoms with E-state index in [1.165, 1.54) is 0 Å². The van der Waals surface area contributed by atoms with Gasteiger partial charge in [0, 0.05) is 18.7 Å². The van der Waals surface area contributed by atoms with Gasteiger partial charge in [0.15, 0.2) is 0 Å². The van der Waals surface area contributed by atoms with Crippen LogP contribution in [0.2, 0.25) is 0 Å². The lowest BCUT2D eigenvalue weighted by molar-refractivity contribution is 0.0955. The number of amides is 1. The molecule has 2 rings (SSSR count). The first kappa shape index (κ1) is 12.6. The fourth-order valence-electron chi connectivity index (χ4n) is 1.96. The summed E-state index contributed by atoms with van der Waals surface area (Å²) in [4.78, 5) is 12.1. The summed E-state index contributed by atoms with van der Waals surface area (Å²) in [6, 6.07) is 13.7. The first-order chi connectivity index (χ1) is 8.83. The van der Waals surface area contributed by atoms with Crippen LogP contribution in [0.4, 0.5) is 0 Å². The second-order valence-corrected chi connectivity index (χ2v) is 4.14. The van der Waals surface area contributed by atoms with E-state index in [-0.39, 0.29) is 5.91 Å². The molecule has 2 aromatic carbocycles. The van der Waals surface area contributed by atoms with Gasteiger partial charge in [-0.05, 0) is 23.4 Å². The summed E-state index contributed by atoms with van der Waals surface area (Å²) in [5, 5.41) is 8.20. The molecule has 0 aliphatic carbocycles. The largest absolute Gasteiger partial charge is 0.351 e. The molecule has 2 aromatic rings. The van der Waals surface area contributed by atoms with Crippen LogP contribution >= 0.6 is 0 Å². The van der Waals surface area contributed by atoms with Crippen LogP contribution < -0.4 is 10.6 Å². The molecule has 0 atom stereocenters. The highest BCUT2D eigenvalue weighted by Gasteiger charge is 2.08. The smallest absolute Gasteiger partial charge is 0.251 e. The van der Waals surface area contributed by atoms with E-state index in [2.05, 4.69) is 10.6 Å². The summed E-state index contributed by atoms with van der Waals surface area (Å²) < 4.78 is 0. The molecule has 3 heteroatoms. The maximum absolute atomic E-state index is 12.1. The summed E-state index contributed by atoms with van der Waals surface area (Å²) >= 11 is 0. The number of likely N-dealkylation sites (N-methyl/N-ethyl adjacent to an activating group) is 1. The standard InChI is InChI=1S/C15H18N2O/c1-2-16-10-11-17-15(18)14-9-5-7-12-6-3-4-8-13(12)14/h3-9,16H,2,10-11H2,1H3,(H,17,18). The number of benzene rings is 2. The van der Waals surface area contributed by atoms with Crippen LogP contribution in [-0.4, -0.2) is 25.5 Å². The fraction of sp³-hybridized carbons (Fsp3) is 0.267. The van der Waals surface area contributed by atoms with Gasteiger partial charge >= 0.3 is 0 Å². The van der Waals surface area contributed by atoms with Gasteiger partial charge in [0.2, 0.25) is 0 Å². The summed E-state index contributed by atoms with van der Waals surface area (Å²) in [7, 11) is 0. The molecule has 0 saturated heterocycles. The van der Waals surface area contributed by atoms with E-state index in [1.807, 2.05) is 49.4 Å². The molecule has 0 spiro atoms. The number of rotatable bonds is 5. The fourth-order valence-corrected chi connectivity index (χ4v) is 1.96. The predicted octanol–water partition coefficient (Wildman–Crippen LogP) is 2.18. The molecule has 18 heavy (non-hydrogen) atoms. The lowest BCUT2D eigenvalue weighted by Crippen LogP contribution is -2.31. The Bertz CT molecular complexity index is 532. The number of carbonyl (C=O) groups is 1. The van der Waals surface area contributed by atoms with Crippen LogP contribution in [0.5, 0.6) is 0 Å². The van der Waals surface area contributed by atoms with E-state index < -0.39 is 0 Å². The molecule has 0 fully saturated rings. The molecule has 1 amide bonds. The quantitative estimate of drug-likeness (QED) is 0.789. The first-order valence-corrected chi connectivity index (χ1v) is 6.29. The Hall–Kier alpha value is -1.87. The monoisotopic (exact) mass is 242 g/mol. The maximum Gasteiger partial charge on any atom is 0.251 e. The predicted molar refractivity (Wildman–Crippen MR) is 74.8 cm³/mol. The van der Waals surface area contributed by atoms with Gasteiger partial charge in [-0.3, -0.25) is 4.79 Å². The molecule has 0 aromatic heterocycles. The van der Waals surface area contributed by atoms with Crippen molar-refractivity contribution in [1.82, 2.24) is 10.6 Å². The molecule has 0 heterocycles. The van der Waals surface area contributed by atoms with Gasteiger partial charge in [-0.25, -0.2) is 0 Å². The van der Waals surface area contributed by atoms with Crippen molar-refractivity contribution in [2.75, 3.05) is 19.6 Å². The Balaban J connectivity index is 2.13. The molecule has 0 saturated carbocycles. The molecule has 0 bridgehead atoms. The van der Waals surface area contributed by atoms with Crippen molar-refractivity contribution in [3.8, 4) is 0 Å². The Morgan fingerprint density at radius 3 is 2.67 bits per heavy atom. The molecule has 2 N–H and O–H groups in total. The minimum Gasteiger partial charge on any atom is -0.351 e. The lowest BCUT2D eigenvalue weighted by atomic mass is 10.0. The SMILES string of the molecule is CCNCCNC(=O)c1cccc2ccccc12. The van der Waals surface area contributed by atoms with E-state index in [1.54, 1.807) is 0 Å². The molecule has 3 nitrogen and oxygen atoms in total. The zero-order chi connectivity index (χ0) is 12.8. The van der Waals surface area contributed by atoms with Crippen molar-refractivity contribution < 1.29 is 4.79 Å². The van der Waals surface area contributed by atoms with Gasteiger partial charge in [0.25, 0.3) is 5.91 Å². The number of hydrogen-bond donors (Lipinski definition) is 2. The number of fused-ring (bicyclic) bond motifs is 1. The third-order valence-electron chi connectivity index (χ3n) is 2.87. The average molecular weight is 242 g/mol. The molecule has 0 aliphatic heterocycles. The minimum atomic E-state index is -0.00953. The van der Waals surface area contributed by atoms with Gasteiger partial charge in [0.05, 0.1) is 0 Å². The lowest BCUT2D eigenvalue weighted by Gasteiger charge is -2.08. The highest BCUT2D eigenvalue weighted by atomic mass is 16.1. The van der Waals surface area contributed by atoms with Crippen LogP contribution in [0, 0.1) is 0 Å².